The highest BCUT2D eigenvalue weighted by Gasteiger charge is 2.13. The van der Waals surface area contributed by atoms with Gasteiger partial charge in [0.05, 0.1) is 5.75 Å². The molecular weight excluding hydrogens is 368 g/mol. The molecule has 0 aliphatic carbocycles. The van der Waals surface area contributed by atoms with Gasteiger partial charge in [-0.25, -0.2) is 4.68 Å². The van der Waals surface area contributed by atoms with Crippen LogP contribution in [0.1, 0.15) is 31.2 Å². The van der Waals surface area contributed by atoms with Crippen LogP contribution in [0.2, 0.25) is 0 Å². The van der Waals surface area contributed by atoms with E-state index in [9.17, 15) is 4.79 Å². The van der Waals surface area contributed by atoms with Crippen molar-refractivity contribution in [2.45, 2.75) is 31.5 Å². The van der Waals surface area contributed by atoms with E-state index in [0.29, 0.717) is 22.7 Å². The first-order valence-corrected chi connectivity index (χ1v) is 9.26. The molecule has 0 spiro atoms. The van der Waals surface area contributed by atoms with E-state index in [2.05, 4.69) is 39.0 Å². The van der Waals surface area contributed by atoms with Crippen molar-refractivity contribution in [2.75, 3.05) is 16.9 Å². The summed E-state index contributed by atoms with van der Waals surface area (Å²) in [5, 5.41) is 14.6. The first kappa shape index (κ1) is 18.8. The lowest BCUT2D eigenvalue weighted by Gasteiger charge is -2.09. The van der Waals surface area contributed by atoms with E-state index < -0.39 is 0 Å². The molecule has 0 unspecified atom stereocenters. The lowest BCUT2D eigenvalue weighted by molar-refractivity contribution is -0.113. The molecule has 0 bridgehead atoms. The number of nitrogens with zero attached hydrogens (tertiary/aromatic N) is 4. The summed E-state index contributed by atoms with van der Waals surface area (Å²) in [7, 11) is 0. The van der Waals surface area contributed by atoms with Gasteiger partial charge in [0.2, 0.25) is 11.1 Å². The topological polar surface area (TPSA) is 121 Å². The normalized spacial score (nSPS) is 10.9. The number of rotatable bonds is 8. The standard InChI is InChI=1S/C17H20N6O3S/c1-11(2)12-3-5-13(6-4-12)25-9-15-20-21-17(23(15)18)27-10-16(24)19-14-7-8-26-22-14/h3-8,11H,9-10,18H2,1-2H3,(H,19,22,24). The Bertz CT molecular complexity index is 877. The fourth-order valence-electron chi connectivity index (χ4n) is 2.19. The second kappa shape index (κ2) is 8.58. The van der Waals surface area contributed by atoms with Crippen molar-refractivity contribution in [3.63, 3.8) is 0 Å². The number of carbonyl (C=O) groups excluding carboxylic acids is 1. The number of aromatic nitrogens is 4. The molecule has 0 atom stereocenters. The number of nitrogens with one attached hydrogen (secondary N) is 1. The molecule has 1 aromatic carbocycles. The number of hydrogen-bond acceptors (Lipinski definition) is 8. The van der Waals surface area contributed by atoms with E-state index in [4.69, 9.17) is 10.6 Å². The van der Waals surface area contributed by atoms with Crippen LogP contribution in [0.25, 0.3) is 0 Å². The van der Waals surface area contributed by atoms with E-state index >= 15 is 0 Å². The van der Waals surface area contributed by atoms with Gasteiger partial charge in [-0.2, -0.15) is 0 Å². The Morgan fingerprint density at radius 2 is 2.07 bits per heavy atom. The van der Waals surface area contributed by atoms with E-state index in [1.165, 1.54) is 16.5 Å². The largest absolute Gasteiger partial charge is 0.486 e. The minimum atomic E-state index is -0.250. The van der Waals surface area contributed by atoms with Crippen LogP contribution in [-0.4, -0.2) is 31.7 Å². The summed E-state index contributed by atoms with van der Waals surface area (Å²) in [5.41, 5.74) is 1.24. The van der Waals surface area contributed by atoms with Crippen LogP contribution in [-0.2, 0) is 11.4 Å². The lowest BCUT2D eigenvalue weighted by atomic mass is 10.0. The Morgan fingerprint density at radius 3 is 2.74 bits per heavy atom. The number of hydrogen-bond donors (Lipinski definition) is 2. The van der Waals surface area contributed by atoms with Crippen molar-refractivity contribution in [3.8, 4) is 5.75 Å². The maximum absolute atomic E-state index is 11.9. The van der Waals surface area contributed by atoms with E-state index in [1.54, 1.807) is 6.07 Å². The molecule has 2 heterocycles. The van der Waals surface area contributed by atoms with Crippen molar-refractivity contribution in [1.82, 2.24) is 20.0 Å². The fourth-order valence-corrected chi connectivity index (χ4v) is 2.86. The second-order valence-corrected chi connectivity index (χ2v) is 6.95. The Balaban J connectivity index is 1.51. The van der Waals surface area contributed by atoms with Crippen molar-refractivity contribution in [1.29, 1.82) is 0 Å². The maximum atomic E-state index is 11.9. The van der Waals surface area contributed by atoms with E-state index in [0.717, 1.165) is 17.5 Å². The summed E-state index contributed by atoms with van der Waals surface area (Å²) in [6.07, 6.45) is 1.38. The molecule has 0 radical (unpaired) electrons. The van der Waals surface area contributed by atoms with Crippen LogP contribution >= 0.6 is 11.8 Å². The molecule has 3 rings (SSSR count). The molecule has 3 aromatic rings. The van der Waals surface area contributed by atoms with Gasteiger partial charge >= 0.3 is 0 Å². The molecule has 142 valence electrons. The molecule has 0 saturated heterocycles. The second-order valence-electron chi connectivity index (χ2n) is 6.00. The van der Waals surface area contributed by atoms with Crippen LogP contribution in [0.4, 0.5) is 5.82 Å². The van der Waals surface area contributed by atoms with E-state index in [-0.39, 0.29) is 18.3 Å². The molecule has 9 nitrogen and oxygen atoms in total. The van der Waals surface area contributed by atoms with Gasteiger partial charge < -0.3 is 20.4 Å². The SMILES string of the molecule is CC(C)c1ccc(OCc2nnc(SCC(=O)Nc3ccon3)n2N)cc1. The fraction of sp³-hybridized carbons (Fsp3) is 0.294. The van der Waals surface area contributed by atoms with Crippen LogP contribution < -0.4 is 15.9 Å². The highest BCUT2D eigenvalue weighted by Crippen LogP contribution is 2.20. The zero-order valence-corrected chi connectivity index (χ0v) is 15.8. The number of benzene rings is 1. The number of nitrogen functional groups attached to an aromatic ring is 1. The van der Waals surface area contributed by atoms with Gasteiger partial charge in [0.25, 0.3) is 0 Å². The molecule has 10 heteroatoms. The lowest BCUT2D eigenvalue weighted by Crippen LogP contribution is -2.18. The summed E-state index contributed by atoms with van der Waals surface area (Å²) in [5.74, 6) is 7.85. The van der Waals surface area contributed by atoms with Gasteiger partial charge in [0.1, 0.15) is 18.6 Å². The summed E-state index contributed by atoms with van der Waals surface area (Å²) < 4.78 is 11.7. The summed E-state index contributed by atoms with van der Waals surface area (Å²) in [6.45, 7) is 4.45. The highest BCUT2D eigenvalue weighted by atomic mass is 32.2. The Labute approximate surface area is 160 Å². The number of amides is 1. The van der Waals surface area contributed by atoms with Crippen LogP contribution in [0.15, 0.2) is 46.3 Å². The smallest absolute Gasteiger partial charge is 0.236 e. The molecule has 0 fully saturated rings. The van der Waals surface area contributed by atoms with Gasteiger partial charge in [-0.3, -0.25) is 4.79 Å². The number of nitrogens with two attached hydrogens (primary N) is 1. The van der Waals surface area contributed by atoms with Gasteiger partial charge in [0.15, 0.2) is 11.6 Å². The first-order valence-electron chi connectivity index (χ1n) is 8.28. The molecule has 0 saturated carbocycles. The summed E-state index contributed by atoms with van der Waals surface area (Å²) in [6, 6.07) is 9.44. The highest BCUT2D eigenvalue weighted by molar-refractivity contribution is 7.99. The third kappa shape index (κ3) is 5.00. The quantitative estimate of drug-likeness (QED) is 0.446. The molecule has 0 aliphatic rings. The molecule has 0 aliphatic heterocycles. The Morgan fingerprint density at radius 1 is 1.30 bits per heavy atom. The van der Waals surface area contributed by atoms with Crippen LogP contribution in [0.5, 0.6) is 5.75 Å². The Hall–Kier alpha value is -3.01. The van der Waals surface area contributed by atoms with E-state index in [1.807, 2.05) is 24.3 Å². The third-order valence-corrected chi connectivity index (χ3v) is 4.63. The van der Waals surface area contributed by atoms with Crippen molar-refractivity contribution in [2.24, 2.45) is 0 Å². The van der Waals surface area contributed by atoms with Crippen molar-refractivity contribution in [3.05, 3.63) is 48.0 Å². The van der Waals surface area contributed by atoms with Gasteiger partial charge in [-0.1, -0.05) is 42.9 Å². The van der Waals surface area contributed by atoms with Gasteiger partial charge in [-0.05, 0) is 23.6 Å². The predicted octanol–water partition coefficient (Wildman–Crippen LogP) is 2.41. The van der Waals surface area contributed by atoms with Crippen LogP contribution in [0.3, 0.4) is 0 Å². The zero-order valence-electron chi connectivity index (χ0n) is 15.0. The average Bonchev–Trinajstić information content (AvgIpc) is 3.28. The monoisotopic (exact) mass is 388 g/mol. The number of carbonyl (C=O) groups is 1. The summed E-state index contributed by atoms with van der Waals surface area (Å²) in [4.78, 5) is 11.9. The van der Waals surface area contributed by atoms with Gasteiger partial charge in [-0.15, -0.1) is 10.2 Å². The average molecular weight is 388 g/mol. The van der Waals surface area contributed by atoms with Crippen molar-refractivity contribution < 1.29 is 14.1 Å². The first-order chi connectivity index (χ1) is 13.0. The maximum Gasteiger partial charge on any atom is 0.236 e. The minimum Gasteiger partial charge on any atom is -0.486 e. The predicted molar refractivity (Wildman–Crippen MR) is 101 cm³/mol. The number of thioether (sulfide) groups is 1. The molecule has 27 heavy (non-hydrogen) atoms. The number of ether oxygens (including phenoxy) is 1. The molecule has 2 aromatic heterocycles. The zero-order chi connectivity index (χ0) is 19.2. The molecular formula is C17H20N6O3S. The summed E-state index contributed by atoms with van der Waals surface area (Å²) >= 11 is 1.16. The minimum absolute atomic E-state index is 0.111. The molecule has 3 N–H and O–H groups in total. The van der Waals surface area contributed by atoms with Crippen molar-refractivity contribution >= 4 is 23.5 Å². The molecule has 1 amide bonds. The van der Waals surface area contributed by atoms with Crippen LogP contribution in [0, 0.1) is 0 Å². The number of anilines is 1. The third-order valence-electron chi connectivity index (χ3n) is 3.69. The van der Waals surface area contributed by atoms with Gasteiger partial charge in [0, 0.05) is 6.07 Å². The Kier molecular flexibility index (Phi) is 5.97.